The third-order valence-corrected chi connectivity index (χ3v) is 2.42. The molecule has 1 unspecified atom stereocenters. The van der Waals surface area contributed by atoms with Crippen LogP contribution in [0.1, 0.15) is 30.0 Å². The van der Waals surface area contributed by atoms with Gasteiger partial charge in [-0.25, -0.2) is 0 Å². The molecule has 0 fully saturated rings. The number of hydrogen-bond acceptors (Lipinski definition) is 3. The molecule has 12 heavy (non-hydrogen) atoms. The summed E-state index contributed by atoms with van der Waals surface area (Å²) in [5.41, 5.74) is 7.25. The molecule has 1 atom stereocenters. The second-order valence-electron chi connectivity index (χ2n) is 3.21. The zero-order valence-corrected chi connectivity index (χ0v) is 6.67. The van der Waals surface area contributed by atoms with E-state index in [0.29, 0.717) is 5.56 Å². The van der Waals surface area contributed by atoms with E-state index in [1.54, 1.807) is 0 Å². The molecule has 0 saturated heterocycles. The Morgan fingerprint density at radius 1 is 1.33 bits per heavy atom. The van der Waals surface area contributed by atoms with E-state index in [0.717, 1.165) is 24.8 Å². The molecule has 2 rings (SSSR count). The van der Waals surface area contributed by atoms with Gasteiger partial charge in [0.25, 0.3) is 0 Å². The van der Waals surface area contributed by atoms with E-state index < -0.39 is 0 Å². The molecule has 1 aromatic rings. The van der Waals surface area contributed by atoms with Crippen LogP contribution >= 0.6 is 0 Å². The molecule has 1 aliphatic carbocycles. The van der Waals surface area contributed by atoms with Gasteiger partial charge in [-0.15, -0.1) is 0 Å². The molecule has 0 radical (unpaired) electrons. The molecule has 0 aromatic carbocycles. The number of nitrogens with one attached hydrogen (secondary N) is 1. The molecule has 1 aromatic heterocycles. The fraction of sp³-hybridized carbons (Fsp3) is 0.500. The molecule has 4 nitrogen and oxygen atoms in total. The molecule has 1 heterocycles. The first-order valence-corrected chi connectivity index (χ1v) is 4.08. The number of fused-ring (bicyclic) bond motifs is 1. The van der Waals surface area contributed by atoms with Gasteiger partial charge < -0.3 is 15.9 Å². The van der Waals surface area contributed by atoms with Crippen LogP contribution in [-0.4, -0.2) is 15.2 Å². The largest absolute Gasteiger partial charge is 0.494 e. The van der Waals surface area contributed by atoms with Crippen LogP contribution in [0.3, 0.4) is 0 Å². The molecular formula is C8H12N2O2. The van der Waals surface area contributed by atoms with Crippen LogP contribution in [0.2, 0.25) is 0 Å². The fourth-order valence-corrected chi connectivity index (χ4v) is 1.82. The Labute approximate surface area is 70.0 Å². The Morgan fingerprint density at radius 3 is 2.75 bits per heavy atom. The van der Waals surface area contributed by atoms with E-state index in [1.165, 1.54) is 0 Å². The lowest BCUT2D eigenvalue weighted by molar-refractivity contribution is 0.421. The van der Waals surface area contributed by atoms with Gasteiger partial charge in [0, 0.05) is 17.2 Å². The third kappa shape index (κ3) is 0.881. The summed E-state index contributed by atoms with van der Waals surface area (Å²) in [6, 6.07) is -0.133. The quantitative estimate of drug-likeness (QED) is 0.461. The molecule has 0 saturated carbocycles. The van der Waals surface area contributed by atoms with E-state index in [-0.39, 0.29) is 17.8 Å². The molecule has 0 amide bonds. The Balaban J connectivity index is 2.55. The van der Waals surface area contributed by atoms with Crippen molar-refractivity contribution in [2.24, 2.45) is 5.73 Å². The van der Waals surface area contributed by atoms with Gasteiger partial charge in [0.15, 0.2) is 11.8 Å². The monoisotopic (exact) mass is 168 g/mol. The van der Waals surface area contributed by atoms with E-state index in [4.69, 9.17) is 5.73 Å². The number of aromatic hydroxyl groups is 2. The van der Waals surface area contributed by atoms with Gasteiger partial charge in [0.1, 0.15) is 0 Å². The molecule has 1 aliphatic rings. The first-order chi connectivity index (χ1) is 5.70. The predicted molar refractivity (Wildman–Crippen MR) is 44.0 cm³/mol. The van der Waals surface area contributed by atoms with Crippen LogP contribution in [0.15, 0.2) is 0 Å². The number of H-pyrrole nitrogens is 1. The lowest BCUT2D eigenvalue weighted by Gasteiger charge is -2.18. The Hall–Kier alpha value is -1.16. The maximum Gasteiger partial charge on any atom is 0.196 e. The van der Waals surface area contributed by atoms with Crippen molar-refractivity contribution in [3.63, 3.8) is 0 Å². The van der Waals surface area contributed by atoms with Gasteiger partial charge in [-0.3, -0.25) is 4.98 Å². The predicted octanol–water partition coefficient (Wildman–Crippen LogP) is 0.762. The highest BCUT2D eigenvalue weighted by Crippen LogP contribution is 2.39. The molecule has 66 valence electrons. The minimum absolute atomic E-state index is 0.0229. The lowest BCUT2D eigenvalue weighted by atomic mass is 9.91. The molecular weight excluding hydrogens is 156 g/mol. The van der Waals surface area contributed by atoms with Crippen molar-refractivity contribution in [1.29, 1.82) is 0 Å². The van der Waals surface area contributed by atoms with Crippen molar-refractivity contribution >= 4 is 0 Å². The number of hydrogen-bond donors (Lipinski definition) is 4. The van der Waals surface area contributed by atoms with E-state index in [1.807, 2.05) is 0 Å². The molecule has 0 spiro atoms. The Bertz CT molecular complexity index is 306. The van der Waals surface area contributed by atoms with E-state index in [9.17, 15) is 10.2 Å². The number of aromatic amines is 1. The van der Waals surface area contributed by atoms with Gasteiger partial charge in [-0.1, -0.05) is 0 Å². The van der Waals surface area contributed by atoms with Crippen molar-refractivity contribution in [3.05, 3.63) is 11.1 Å². The first kappa shape index (κ1) is 7.49. The smallest absolute Gasteiger partial charge is 0.196 e. The summed E-state index contributed by atoms with van der Waals surface area (Å²) in [6.07, 6.45) is 2.64. The third-order valence-electron chi connectivity index (χ3n) is 2.42. The summed E-state index contributed by atoms with van der Waals surface area (Å²) in [4.78, 5) is 2.48. The van der Waals surface area contributed by atoms with Crippen LogP contribution in [0.5, 0.6) is 11.8 Å². The fourth-order valence-electron chi connectivity index (χ4n) is 1.82. The Morgan fingerprint density at radius 2 is 2.08 bits per heavy atom. The molecule has 0 bridgehead atoms. The van der Waals surface area contributed by atoms with Crippen molar-refractivity contribution in [2.45, 2.75) is 25.3 Å². The summed E-state index contributed by atoms with van der Waals surface area (Å²) in [7, 11) is 0. The van der Waals surface area contributed by atoms with Gasteiger partial charge >= 0.3 is 0 Å². The van der Waals surface area contributed by atoms with Gasteiger partial charge in [-0.2, -0.15) is 0 Å². The Kier molecular flexibility index (Phi) is 1.51. The maximum absolute atomic E-state index is 9.35. The number of nitrogens with two attached hydrogens (primary N) is 1. The summed E-state index contributed by atoms with van der Waals surface area (Å²) in [6.45, 7) is 0. The second-order valence-corrected chi connectivity index (χ2v) is 3.21. The molecule has 0 aliphatic heterocycles. The van der Waals surface area contributed by atoms with E-state index in [2.05, 4.69) is 4.98 Å². The zero-order valence-electron chi connectivity index (χ0n) is 6.67. The van der Waals surface area contributed by atoms with Crippen molar-refractivity contribution in [3.8, 4) is 11.8 Å². The highest BCUT2D eigenvalue weighted by molar-refractivity contribution is 5.46. The van der Waals surface area contributed by atoms with Gasteiger partial charge in [0.05, 0.1) is 0 Å². The second kappa shape index (κ2) is 2.42. The van der Waals surface area contributed by atoms with Crippen LogP contribution in [0, 0.1) is 0 Å². The van der Waals surface area contributed by atoms with Crippen LogP contribution in [0.25, 0.3) is 0 Å². The SMILES string of the molecule is NC1CCCc2c(O)[nH]c(O)c21. The van der Waals surface area contributed by atoms with Crippen LogP contribution in [-0.2, 0) is 6.42 Å². The van der Waals surface area contributed by atoms with Gasteiger partial charge in [-0.05, 0) is 19.3 Å². The highest BCUT2D eigenvalue weighted by atomic mass is 16.3. The average Bonchev–Trinajstić information content (AvgIpc) is 2.29. The number of rotatable bonds is 0. The zero-order chi connectivity index (χ0) is 8.72. The normalized spacial score (nSPS) is 22.2. The maximum atomic E-state index is 9.35. The summed E-state index contributed by atoms with van der Waals surface area (Å²) < 4.78 is 0. The lowest BCUT2D eigenvalue weighted by Crippen LogP contribution is -2.15. The van der Waals surface area contributed by atoms with Crippen molar-refractivity contribution in [2.75, 3.05) is 0 Å². The van der Waals surface area contributed by atoms with Crippen molar-refractivity contribution < 1.29 is 10.2 Å². The summed E-state index contributed by atoms with van der Waals surface area (Å²) >= 11 is 0. The molecule has 4 heteroatoms. The standard InChI is InChI=1S/C8H12N2O2/c9-5-3-1-2-4-6(5)8(12)10-7(4)11/h5,10-12H,1-3,9H2. The topological polar surface area (TPSA) is 82.3 Å². The highest BCUT2D eigenvalue weighted by Gasteiger charge is 2.25. The summed E-state index contributed by atoms with van der Waals surface area (Å²) in [5, 5.41) is 18.7. The minimum Gasteiger partial charge on any atom is -0.494 e. The number of aromatic nitrogens is 1. The summed E-state index contributed by atoms with van der Waals surface area (Å²) in [5.74, 6) is 0.0901. The van der Waals surface area contributed by atoms with E-state index >= 15 is 0 Å². The minimum atomic E-state index is -0.133. The van der Waals surface area contributed by atoms with Crippen LogP contribution < -0.4 is 5.73 Å². The van der Waals surface area contributed by atoms with Crippen molar-refractivity contribution in [1.82, 2.24) is 4.98 Å². The average molecular weight is 168 g/mol. The molecule has 5 N–H and O–H groups in total. The van der Waals surface area contributed by atoms with Gasteiger partial charge in [0.2, 0.25) is 0 Å². The first-order valence-electron chi connectivity index (χ1n) is 4.08. The van der Waals surface area contributed by atoms with Crippen LogP contribution in [0.4, 0.5) is 0 Å².